The van der Waals surface area contributed by atoms with Gasteiger partial charge in [-0.1, -0.05) is 18.6 Å². The molecule has 0 aliphatic heterocycles. The van der Waals surface area contributed by atoms with Crippen molar-refractivity contribution in [2.75, 3.05) is 17.2 Å². The van der Waals surface area contributed by atoms with Crippen molar-refractivity contribution in [3.05, 3.63) is 45.3 Å². The summed E-state index contributed by atoms with van der Waals surface area (Å²) in [5.74, 6) is -0.256. The summed E-state index contributed by atoms with van der Waals surface area (Å²) in [5, 5.41) is 7.81. The van der Waals surface area contributed by atoms with Crippen LogP contribution in [0.2, 0.25) is 0 Å². The first-order valence-corrected chi connectivity index (χ1v) is 10.7. The number of hydrogen-bond donors (Lipinski definition) is 2. The molecule has 1 aromatic carbocycles. The van der Waals surface area contributed by atoms with Gasteiger partial charge in [-0.3, -0.25) is 0 Å². The number of ether oxygens (including phenoxy) is 1. The highest BCUT2D eigenvalue weighted by Gasteiger charge is 2.26. The number of aryl methyl sites for hydroxylation is 2. The zero-order chi connectivity index (χ0) is 19.4. The van der Waals surface area contributed by atoms with Crippen LogP contribution >= 0.6 is 23.6 Å². The minimum Gasteiger partial charge on any atom is -0.462 e. The molecular weight excluding hydrogens is 376 g/mol. The molecular formula is C21H26N2O2S2. The Hall–Kier alpha value is -1.92. The number of carbonyl (C=O) groups excluding carboxylic acids is 1. The maximum atomic E-state index is 12.6. The molecule has 4 nitrogen and oxygen atoms in total. The van der Waals surface area contributed by atoms with Crippen LogP contribution in [0.1, 0.15) is 58.1 Å². The number of hydrogen-bond acceptors (Lipinski definition) is 4. The van der Waals surface area contributed by atoms with Crippen molar-refractivity contribution in [3.8, 4) is 0 Å². The summed E-state index contributed by atoms with van der Waals surface area (Å²) in [6.45, 7) is 6.35. The molecule has 2 N–H and O–H groups in total. The van der Waals surface area contributed by atoms with Crippen molar-refractivity contribution in [2.24, 2.45) is 0 Å². The second-order valence-corrected chi connectivity index (χ2v) is 8.33. The van der Waals surface area contributed by atoms with E-state index in [2.05, 4.69) is 30.5 Å². The number of anilines is 2. The Morgan fingerprint density at radius 3 is 2.74 bits per heavy atom. The molecule has 1 aromatic heterocycles. The number of benzene rings is 1. The summed E-state index contributed by atoms with van der Waals surface area (Å²) in [6, 6.07) is 6.09. The van der Waals surface area contributed by atoms with Crippen LogP contribution < -0.4 is 10.6 Å². The summed E-state index contributed by atoms with van der Waals surface area (Å²) >= 11 is 7.17. The highest BCUT2D eigenvalue weighted by Crippen LogP contribution is 2.38. The van der Waals surface area contributed by atoms with Gasteiger partial charge in [0, 0.05) is 10.6 Å². The maximum absolute atomic E-state index is 12.6. The van der Waals surface area contributed by atoms with E-state index in [0.717, 1.165) is 41.1 Å². The Kier molecular flexibility index (Phi) is 6.50. The molecule has 0 amide bonds. The van der Waals surface area contributed by atoms with Gasteiger partial charge in [0.25, 0.3) is 0 Å². The third kappa shape index (κ3) is 4.50. The van der Waals surface area contributed by atoms with E-state index >= 15 is 0 Å². The van der Waals surface area contributed by atoms with Crippen molar-refractivity contribution in [2.45, 2.75) is 52.9 Å². The second-order valence-electron chi connectivity index (χ2n) is 6.82. The van der Waals surface area contributed by atoms with Crippen molar-refractivity contribution in [1.29, 1.82) is 0 Å². The lowest BCUT2D eigenvalue weighted by atomic mass is 10.1. The topological polar surface area (TPSA) is 50.4 Å². The maximum Gasteiger partial charge on any atom is 0.341 e. The monoisotopic (exact) mass is 402 g/mol. The van der Waals surface area contributed by atoms with Crippen LogP contribution in [-0.4, -0.2) is 17.7 Å². The van der Waals surface area contributed by atoms with Gasteiger partial charge >= 0.3 is 5.97 Å². The number of thiocarbonyl (C=S) groups is 1. The van der Waals surface area contributed by atoms with Crippen LogP contribution in [0.3, 0.4) is 0 Å². The van der Waals surface area contributed by atoms with Crippen LogP contribution in [0.15, 0.2) is 18.2 Å². The summed E-state index contributed by atoms with van der Waals surface area (Å²) in [4.78, 5) is 13.9. The fourth-order valence-corrected chi connectivity index (χ4v) is 4.95. The van der Waals surface area contributed by atoms with Gasteiger partial charge in [-0.15, -0.1) is 11.3 Å². The Morgan fingerprint density at radius 2 is 1.96 bits per heavy atom. The van der Waals surface area contributed by atoms with E-state index in [9.17, 15) is 4.79 Å². The quantitative estimate of drug-likeness (QED) is 0.395. The normalized spacial score (nSPS) is 13.4. The van der Waals surface area contributed by atoms with E-state index in [-0.39, 0.29) is 5.97 Å². The van der Waals surface area contributed by atoms with E-state index < -0.39 is 0 Å². The predicted molar refractivity (Wildman–Crippen MR) is 117 cm³/mol. The predicted octanol–water partition coefficient (Wildman–Crippen LogP) is 5.62. The first-order valence-electron chi connectivity index (χ1n) is 9.47. The van der Waals surface area contributed by atoms with Gasteiger partial charge in [-0.25, -0.2) is 4.79 Å². The van der Waals surface area contributed by atoms with Crippen LogP contribution in [-0.2, 0) is 17.6 Å². The lowest BCUT2D eigenvalue weighted by Crippen LogP contribution is -2.21. The lowest BCUT2D eigenvalue weighted by molar-refractivity contribution is 0.0527. The third-order valence-corrected chi connectivity index (χ3v) is 6.39. The number of rotatable bonds is 4. The highest BCUT2D eigenvalue weighted by atomic mass is 32.1. The molecule has 1 aliphatic carbocycles. The second kappa shape index (κ2) is 8.85. The largest absolute Gasteiger partial charge is 0.462 e. The van der Waals surface area contributed by atoms with E-state index in [1.165, 1.54) is 23.3 Å². The van der Waals surface area contributed by atoms with E-state index in [1.54, 1.807) is 11.3 Å². The molecule has 6 heteroatoms. The smallest absolute Gasteiger partial charge is 0.341 e. The molecule has 0 saturated heterocycles. The van der Waals surface area contributed by atoms with Crippen LogP contribution in [0.25, 0.3) is 0 Å². The molecule has 0 unspecified atom stereocenters. The van der Waals surface area contributed by atoms with Gasteiger partial charge in [0.1, 0.15) is 5.00 Å². The Bertz CT molecular complexity index is 858. The van der Waals surface area contributed by atoms with Gasteiger partial charge in [0.2, 0.25) is 0 Å². The Labute approximate surface area is 170 Å². The van der Waals surface area contributed by atoms with Gasteiger partial charge in [-0.2, -0.15) is 0 Å². The van der Waals surface area contributed by atoms with E-state index in [0.29, 0.717) is 17.3 Å². The lowest BCUT2D eigenvalue weighted by Gasteiger charge is -2.14. The van der Waals surface area contributed by atoms with Crippen molar-refractivity contribution < 1.29 is 9.53 Å². The standard InChI is InChI=1S/C21H26N2O2S2/c1-4-25-20(24)18-15-10-6-5-7-12-17(15)27-19(18)23-21(26)22-16-11-8-9-13(2)14(16)3/h8-9,11H,4-7,10,12H2,1-3H3,(H2,22,23,26). The number of nitrogens with one attached hydrogen (secondary N) is 2. The first-order chi connectivity index (χ1) is 13.0. The van der Waals surface area contributed by atoms with Gasteiger partial charge in [-0.05, 0) is 81.4 Å². The first kappa shape index (κ1) is 19.8. The van der Waals surface area contributed by atoms with Crippen molar-refractivity contribution in [3.63, 3.8) is 0 Å². The molecule has 27 heavy (non-hydrogen) atoms. The molecule has 0 saturated carbocycles. The van der Waals surface area contributed by atoms with Gasteiger partial charge in [0.15, 0.2) is 5.11 Å². The van der Waals surface area contributed by atoms with Crippen molar-refractivity contribution >= 4 is 45.3 Å². The number of thiophene rings is 1. The van der Waals surface area contributed by atoms with Gasteiger partial charge in [0.05, 0.1) is 12.2 Å². The molecule has 144 valence electrons. The fraction of sp³-hybridized carbons (Fsp3) is 0.429. The number of fused-ring (bicyclic) bond motifs is 1. The number of esters is 1. The van der Waals surface area contributed by atoms with E-state index in [1.807, 2.05) is 19.1 Å². The molecule has 1 heterocycles. The SMILES string of the molecule is CCOC(=O)c1c(NC(=S)Nc2cccc(C)c2C)sc2c1CCCCC2. The van der Waals surface area contributed by atoms with Crippen molar-refractivity contribution in [1.82, 2.24) is 0 Å². The Balaban J connectivity index is 1.86. The van der Waals surface area contributed by atoms with E-state index in [4.69, 9.17) is 17.0 Å². The summed E-state index contributed by atoms with van der Waals surface area (Å²) in [5.41, 5.74) is 5.16. The minimum absolute atomic E-state index is 0.256. The van der Waals surface area contributed by atoms with Gasteiger partial charge < -0.3 is 15.4 Å². The minimum atomic E-state index is -0.256. The highest BCUT2D eigenvalue weighted by molar-refractivity contribution is 7.80. The summed E-state index contributed by atoms with van der Waals surface area (Å²) < 4.78 is 5.33. The molecule has 2 aromatic rings. The molecule has 0 atom stereocenters. The zero-order valence-corrected chi connectivity index (χ0v) is 17.7. The summed E-state index contributed by atoms with van der Waals surface area (Å²) in [6.07, 6.45) is 5.43. The molecule has 0 fully saturated rings. The molecule has 0 bridgehead atoms. The van der Waals surface area contributed by atoms with Crippen LogP contribution in [0.4, 0.5) is 10.7 Å². The molecule has 0 radical (unpaired) electrons. The average Bonchev–Trinajstić information content (AvgIpc) is 2.80. The Morgan fingerprint density at radius 1 is 1.19 bits per heavy atom. The summed E-state index contributed by atoms with van der Waals surface area (Å²) in [7, 11) is 0. The third-order valence-electron chi connectivity index (χ3n) is 4.98. The van der Waals surface area contributed by atoms with Crippen LogP contribution in [0.5, 0.6) is 0 Å². The van der Waals surface area contributed by atoms with Crippen LogP contribution in [0, 0.1) is 13.8 Å². The zero-order valence-electron chi connectivity index (χ0n) is 16.1. The molecule has 0 spiro atoms. The molecule has 3 rings (SSSR count). The average molecular weight is 403 g/mol. The number of carbonyl (C=O) groups is 1. The fourth-order valence-electron chi connectivity index (χ4n) is 3.39. The molecule has 1 aliphatic rings.